The van der Waals surface area contributed by atoms with Crippen LogP contribution in [0.15, 0.2) is 23.4 Å². The van der Waals surface area contributed by atoms with Crippen LogP contribution in [0.5, 0.6) is 0 Å². The van der Waals surface area contributed by atoms with Crippen LogP contribution in [0.25, 0.3) is 11.8 Å². The first-order valence-electron chi connectivity index (χ1n) is 5.11. The van der Waals surface area contributed by atoms with Gasteiger partial charge in [0, 0.05) is 5.22 Å². The fourth-order valence-corrected chi connectivity index (χ4v) is 1.85. The molecule has 1 atom stereocenters. The van der Waals surface area contributed by atoms with E-state index in [1.165, 1.54) is 7.11 Å². The molecule has 0 heterocycles. The van der Waals surface area contributed by atoms with E-state index in [1.54, 1.807) is 24.3 Å². The first kappa shape index (κ1) is 11.5. The van der Waals surface area contributed by atoms with Crippen molar-refractivity contribution in [2.45, 2.75) is 12.5 Å². The zero-order valence-corrected chi connectivity index (χ0v) is 9.21. The molecule has 0 fully saturated rings. The summed E-state index contributed by atoms with van der Waals surface area (Å²) in [5.74, 6) is -0.437. The highest BCUT2D eigenvalue weighted by molar-refractivity contribution is 5.89. The fourth-order valence-electron chi connectivity index (χ4n) is 1.85. The van der Waals surface area contributed by atoms with E-state index in [9.17, 15) is 14.8 Å². The highest BCUT2D eigenvalue weighted by Gasteiger charge is 2.16. The third-order valence-electron chi connectivity index (χ3n) is 2.72. The fraction of sp³-hybridized carbons (Fsp3) is 0.250. The molecule has 0 saturated heterocycles. The number of esters is 1. The molecule has 0 radical (unpaired) electrons. The minimum atomic E-state index is -0.871. The molecule has 88 valence electrons. The molecule has 1 unspecified atom stereocenters. The molecule has 1 aliphatic rings. The van der Waals surface area contributed by atoms with Gasteiger partial charge in [-0.05, 0) is 28.9 Å². The van der Waals surface area contributed by atoms with Crippen LogP contribution in [0.2, 0.25) is 0 Å². The van der Waals surface area contributed by atoms with Crippen molar-refractivity contribution in [2.24, 2.45) is 5.18 Å². The molecule has 0 saturated carbocycles. The first-order valence-corrected chi connectivity index (χ1v) is 5.11. The van der Waals surface area contributed by atoms with Crippen molar-refractivity contribution in [2.75, 3.05) is 7.11 Å². The van der Waals surface area contributed by atoms with E-state index in [-0.39, 0.29) is 5.70 Å². The van der Waals surface area contributed by atoms with Crippen LogP contribution in [-0.4, -0.2) is 24.3 Å². The Morgan fingerprint density at radius 1 is 1.53 bits per heavy atom. The molecule has 1 N–H and O–H groups in total. The van der Waals surface area contributed by atoms with Crippen molar-refractivity contribution in [3.05, 3.63) is 39.1 Å². The molecule has 0 amide bonds. The first-order chi connectivity index (χ1) is 8.17. The van der Waals surface area contributed by atoms with Crippen LogP contribution in [0, 0.1) is 4.91 Å². The second kappa shape index (κ2) is 4.47. The Hall–Kier alpha value is -2.01. The minimum Gasteiger partial charge on any atom is -0.465 e. The highest BCUT2D eigenvalue weighted by Crippen LogP contribution is 2.10. The van der Waals surface area contributed by atoms with Crippen LogP contribution in [0.1, 0.15) is 16.8 Å². The molecule has 5 heteroatoms. The SMILES string of the molecule is COC(=O)c1ccc2c(c1)=CCC(O)C=2N=O. The Bertz CT molecular complexity index is 591. The summed E-state index contributed by atoms with van der Waals surface area (Å²) in [6.45, 7) is 0. The van der Waals surface area contributed by atoms with Crippen LogP contribution in [0.4, 0.5) is 0 Å². The zero-order valence-electron chi connectivity index (χ0n) is 9.21. The van der Waals surface area contributed by atoms with Crippen LogP contribution in [0.3, 0.4) is 0 Å². The normalized spacial score (nSPS) is 18.0. The van der Waals surface area contributed by atoms with Crippen molar-refractivity contribution in [1.29, 1.82) is 0 Å². The van der Waals surface area contributed by atoms with Gasteiger partial charge in [0.2, 0.25) is 0 Å². The maximum atomic E-state index is 11.3. The number of methoxy groups -OCH3 is 1. The number of hydrogen-bond acceptors (Lipinski definition) is 5. The molecule has 2 rings (SSSR count). The lowest BCUT2D eigenvalue weighted by Gasteiger charge is -2.11. The van der Waals surface area contributed by atoms with E-state index in [0.29, 0.717) is 22.4 Å². The summed E-state index contributed by atoms with van der Waals surface area (Å²) < 4.78 is 4.61. The zero-order chi connectivity index (χ0) is 12.4. The Labute approximate surface area is 97.0 Å². The van der Waals surface area contributed by atoms with Gasteiger partial charge in [0.25, 0.3) is 0 Å². The predicted octanol–water partition coefficient (Wildman–Crippen LogP) is -0.107. The Balaban J connectivity index is 2.67. The van der Waals surface area contributed by atoms with Gasteiger partial charge in [0.15, 0.2) is 0 Å². The van der Waals surface area contributed by atoms with Gasteiger partial charge in [-0.3, -0.25) is 0 Å². The number of nitrogens with zero attached hydrogens (tertiary/aromatic N) is 1. The number of nitroso groups, excluding NO2 is 1. The number of benzene rings is 1. The van der Waals surface area contributed by atoms with Gasteiger partial charge in [-0.25, -0.2) is 4.79 Å². The lowest BCUT2D eigenvalue weighted by atomic mass is 10.0. The van der Waals surface area contributed by atoms with Gasteiger partial charge in [-0.2, -0.15) is 0 Å². The van der Waals surface area contributed by atoms with Gasteiger partial charge < -0.3 is 9.84 Å². The largest absolute Gasteiger partial charge is 0.465 e. The van der Waals surface area contributed by atoms with Crippen molar-refractivity contribution < 1.29 is 14.6 Å². The van der Waals surface area contributed by atoms with Gasteiger partial charge in [0.05, 0.1) is 12.7 Å². The summed E-state index contributed by atoms with van der Waals surface area (Å²) in [6, 6.07) is 4.76. The molecule has 5 nitrogen and oxygen atoms in total. The molecule has 0 spiro atoms. The summed E-state index contributed by atoms with van der Waals surface area (Å²) in [4.78, 5) is 22.0. The lowest BCUT2D eigenvalue weighted by molar-refractivity contribution is 0.0600. The molecule has 0 aromatic heterocycles. The van der Waals surface area contributed by atoms with Gasteiger partial charge >= 0.3 is 5.97 Å². The smallest absolute Gasteiger partial charge is 0.337 e. The summed E-state index contributed by atoms with van der Waals surface area (Å²) in [6.07, 6.45) is 1.21. The molecular formula is C12H11NO4. The summed E-state index contributed by atoms with van der Waals surface area (Å²) in [7, 11) is 1.31. The minimum absolute atomic E-state index is 0.110. The Morgan fingerprint density at radius 3 is 2.94 bits per heavy atom. The molecule has 0 aliphatic heterocycles. The molecule has 1 aromatic carbocycles. The van der Waals surface area contributed by atoms with Crippen LogP contribution in [-0.2, 0) is 4.74 Å². The summed E-state index contributed by atoms with van der Waals surface area (Å²) in [5, 5.41) is 13.7. The second-order valence-corrected chi connectivity index (χ2v) is 3.73. The van der Waals surface area contributed by atoms with Crippen molar-refractivity contribution in [1.82, 2.24) is 0 Å². The molecule has 17 heavy (non-hydrogen) atoms. The number of rotatable bonds is 2. The molecule has 1 aliphatic carbocycles. The molecule has 0 bridgehead atoms. The number of ether oxygens (including phenoxy) is 1. The maximum Gasteiger partial charge on any atom is 0.337 e. The van der Waals surface area contributed by atoms with E-state index in [4.69, 9.17) is 0 Å². The van der Waals surface area contributed by atoms with Crippen LogP contribution >= 0.6 is 0 Å². The second-order valence-electron chi connectivity index (χ2n) is 3.73. The van der Waals surface area contributed by atoms with Gasteiger partial charge in [-0.1, -0.05) is 12.1 Å². The van der Waals surface area contributed by atoms with Crippen molar-refractivity contribution >= 4 is 17.7 Å². The monoisotopic (exact) mass is 233 g/mol. The quantitative estimate of drug-likeness (QED) is 0.571. The van der Waals surface area contributed by atoms with E-state index in [2.05, 4.69) is 9.91 Å². The summed E-state index contributed by atoms with van der Waals surface area (Å²) in [5.41, 5.74) is 0.517. The van der Waals surface area contributed by atoms with E-state index < -0.39 is 12.1 Å². The van der Waals surface area contributed by atoms with E-state index in [1.807, 2.05) is 0 Å². The number of carbonyl (C=O) groups is 1. The highest BCUT2D eigenvalue weighted by atomic mass is 16.5. The third kappa shape index (κ3) is 1.97. The predicted molar refractivity (Wildman–Crippen MR) is 61.3 cm³/mol. The standard InChI is InChI=1S/C12H11NO4/c1-17-12(15)8-2-4-9-7(6-8)3-5-10(14)11(9)13-16/h2-4,6,10,14H,5H2,1H3. The third-order valence-corrected chi connectivity index (χ3v) is 2.72. The van der Waals surface area contributed by atoms with Gasteiger partial charge in [0.1, 0.15) is 11.8 Å². The Morgan fingerprint density at radius 2 is 2.29 bits per heavy atom. The van der Waals surface area contributed by atoms with Crippen LogP contribution < -0.4 is 10.4 Å². The Kier molecular flexibility index (Phi) is 3.01. The van der Waals surface area contributed by atoms with Crippen molar-refractivity contribution in [3.8, 4) is 0 Å². The molecular weight excluding hydrogens is 222 g/mol. The summed E-state index contributed by atoms with van der Waals surface area (Å²) >= 11 is 0. The topological polar surface area (TPSA) is 76.0 Å². The lowest BCUT2D eigenvalue weighted by Crippen LogP contribution is -2.34. The number of hydrogen-bond donors (Lipinski definition) is 1. The number of aliphatic hydroxyl groups is 1. The number of fused-ring (bicyclic) bond motifs is 1. The number of aliphatic hydroxyl groups excluding tert-OH is 1. The average molecular weight is 233 g/mol. The van der Waals surface area contributed by atoms with E-state index in [0.717, 1.165) is 0 Å². The van der Waals surface area contributed by atoms with E-state index >= 15 is 0 Å². The maximum absolute atomic E-state index is 11.3. The molecule has 1 aromatic rings. The van der Waals surface area contributed by atoms with Crippen molar-refractivity contribution in [3.63, 3.8) is 0 Å². The number of carbonyl (C=O) groups excluding carboxylic acids is 1. The average Bonchev–Trinajstić information content (AvgIpc) is 2.37. The van der Waals surface area contributed by atoms with Gasteiger partial charge in [-0.15, -0.1) is 4.91 Å².